The molecule has 1 fully saturated rings. The smallest absolute Gasteiger partial charge is 0.274 e. The summed E-state index contributed by atoms with van der Waals surface area (Å²) < 4.78 is 5.18. The number of ether oxygens (including phenoxy) is 1. The highest BCUT2D eigenvalue weighted by Gasteiger charge is 2.23. The number of aliphatic hydroxyl groups excluding tert-OH is 1. The summed E-state index contributed by atoms with van der Waals surface area (Å²) in [7, 11) is 1.54. The molecule has 1 amide bonds. The summed E-state index contributed by atoms with van der Waals surface area (Å²) in [5.41, 5.74) is 2.56. The number of halogens is 1. The number of H-pyrrole nitrogens is 1. The number of rotatable bonds is 5. The third-order valence-corrected chi connectivity index (χ3v) is 6.58. The maximum atomic E-state index is 13.2. The summed E-state index contributed by atoms with van der Waals surface area (Å²) in [6.45, 7) is 2.55. The van der Waals surface area contributed by atoms with Gasteiger partial charge in [0.25, 0.3) is 11.5 Å². The number of benzene rings is 3. The summed E-state index contributed by atoms with van der Waals surface area (Å²) >= 11 is 6.11. The number of carbonyl (C=O) groups is 1. The number of carbonyl (C=O) groups excluding carboxylic acids is 1. The Bertz CT molecular complexity index is 1560. The lowest BCUT2D eigenvalue weighted by Gasteiger charge is -2.36. The van der Waals surface area contributed by atoms with Crippen LogP contribution in [0.5, 0.6) is 5.75 Å². The van der Waals surface area contributed by atoms with Gasteiger partial charge in [-0.3, -0.25) is 9.59 Å². The van der Waals surface area contributed by atoms with E-state index in [9.17, 15) is 14.7 Å². The molecule has 2 N–H and O–H groups in total. The van der Waals surface area contributed by atoms with Gasteiger partial charge < -0.3 is 24.6 Å². The van der Waals surface area contributed by atoms with Gasteiger partial charge in [0, 0.05) is 54.1 Å². The number of hydrogen-bond acceptors (Lipinski definition) is 6. The van der Waals surface area contributed by atoms with Crippen LogP contribution in [0.25, 0.3) is 22.9 Å². The zero-order valence-electron chi connectivity index (χ0n) is 20.1. The van der Waals surface area contributed by atoms with Crippen LogP contribution in [-0.4, -0.2) is 59.2 Å². The van der Waals surface area contributed by atoms with Crippen LogP contribution in [0.15, 0.2) is 71.5 Å². The lowest BCUT2D eigenvalue weighted by Crippen LogP contribution is -2.48. The van der Waals surface area contributed by atoms with E-state index in [0.29, 0.717) is 59.1 Å². The van der Waals surface area contributed by atoms with E-state index in [1.54, 1.807) is 47.4 Å². The minimum Gasteiger partial charge on any atom is -0.507 e. The van der Waals surface area contributed by atoms with Crippen LogP contribution in [0, 0.1) is 0 Å². The van der Waals surface area contributed by atoms with Crippen LogP contribution in [0.3, 0.4) is 0 Å². The van der Waals surface area contributed by atoms with Crippen LogP contribution in [0.4, 0.5) is 5.69 Å². The molecule has 0 saturated carbocycles. The Morgan fingerprint density at radius 2 is 1.81 bits per heavy atom. The van der Waals surface area contributed by atoms with Crippen LogP contribution in [0.1, 0.15) is 21.6 Å². The second-order valence-corrected chi connectivity index (χ2v) is 9.14. The van der Waals surface area contributed by atoms with Crippen LogP contribution < -0.4 is 15.2 Å². The molecule has 0 atom stereocenters. The monoisotopic (exact) mass is 516 g/mol. The standard InChI is InChI=1S/C28H25ClN4O4/c1-37-22-7-2-4-18(14-22)26(34)17-25-27(35)31-24-15-19(8-9-23(24)30-25)28(36)33-12-10-32(11-13-33)21-6-3-5-20(29)16-21/h2-9,14-17,34H,10-13H2,1H3,(H,31,35). The van der Waals surface area contributed by atoms with Gasteiger partial charge in [0.1, 0.15) is 17.2 Å². The lowest BCUT2D eigenvalue weighted by atomic mass is 10.1. The number of anilines is 1. The van der Waals surface area contributed by atoms with Gasteiger partial charge in [-0.25, -0.2) is 4.98 Å². The van der Waals surface area contributed by atoms with E-state index in [2.05, 4.69) is 14.9 Å². The fourth-order valence-electron chi connectivity index (χ4n) is 4.35. The first-order chi connectivity index (χ1) is 17.9. The summed E-state index contributed by atoms with van der Waals surface area (Å²) in [4.78, 5) is 37.0. The first-order valence-corrected chi connectivity index (χ1v) is 12.2. The molecular formula is C28H25ClN4O4. The molecule has 37 heavy (non-hydrogen) atoms. The topological polar surface area (TPSA) is 98.8 Å². The van der Waals surface area contributed by atoms with Crippen molar-refractivity contribution in [2.45, 2.75) is 0 Å². The molecule has 4 aromatic rings. The molecule has 1 aliphatic heterocycles. The Balaban J connectivity index is 1.33. The van der Waals surface area contributed by atoms with E-state index in [1.165, 1.54) is 13.2 Å². The van der Waals surface area contributed by atoms with Gasteiger partial charge in [0.05, 0.1) is 18.1 Å². The summed E-state index contributed by atoms with van der Waals surface area (Å²) in [6.07, 6.45) is 1.31. The third kappa shape index (κ3) is 5.29. The van der Waals surface area contributed by atoms with Gasteiger partial charge in [0.15, 0.2) is 0 Å². The number of fused-ring (bicyclic) bond motifs is 1. The molecule has 9 heteroatoms. The molecule has 5 rings (SSSR count). The molecule has 8 nitrogen and oxygen atoms in total. The minimum absolute atomic E-state index is 0.0593. The molecule has 1 aromatic heterocycles. The fraction of sp³-hybridized carbons (Fsp3) is 0.179. The highest BCUT2D eigenvalue weighted by molar-refractivity contribution is 6.30. The predicted octanol–water partition coefficient (Wildman–Crippen LogP) is 4.60. The number of aliphatic hydroxyl groups is 1. The Labute approximate surface area is 218 Å². The largest absolute Gasteiger partial charge is 0.507 e. The second-order valence-electron chi connectivity index (χ2n) is 8.70. The van der Waals surface area contributed by atoms with Crippen LogP contribution in [0.2, 0.25) is 5.02 Å². The van der Waals surface area contributed by atoms with Crippen molar-refractivity contribution in [2.24, 2.45) is 0 Å². The normalized spacial score (nSPS) is 14.2. The zero-order chi connectivity index (χ0) is 25.9. The van der Waals surface area contributed by atoms with Gasteiger partial charge in [-0.05, 0) is 48.5 Å². The van der Waals surface area contributed by atoms with E-state index in [0.717, 1.165) is 5.69 Å². The summed E-state index contributed by atoms with van der Waals surface area (Å²) in [5, 5.41) is 11.2. The molecule has 0 aliphatic carbocycles. The number of aromatic nitrogens is 2. The molecule has 0 radical (unpaired) electrons. The van der Waals surface area contributed by atoms with E-state index in [4.69, 9.17) is 16.3 Å². The third-order valence-electron chi connectivity index (χ3n) is 6.34. The highest BCUT2D eigenvalue weighted by atomic mass is 35.5. The quantitative estimate of drug-likeness (QED) is 0.376. The van der Waals surface area contributed by atoms with Gasteiger partial charge >= 0.3 is 0 Å². The van der Waals surface area contributed by atoms with E-state index < -0.39 is 5.56 Å². The Hall–Kier alpha value is -4.30. The first kappa shape index (κ1) is 24.4. The molecule has 0 spiro atoms. The summed E-state index contributed by atoms with van der Waals surface area (Å²) in [5.74, 6) is 0.369. The second kappa shape index (κ2) is 10.4. The van der Waals surface area contributed by atoms with Crippen molar-refractivity contribution in [3.63, 3.8) is 0 Å². The van der Waals surface area contributed by atoms with Crippen molar-refractivity contribution in [1.82, 2.24) is 14.9 Å². The van der Waals surface area contributed by atoms with Gasteiger partial charge in [0.2, 0.25) is 0 Å². The maximum absolute atomic E-state index is 13.2. The average Bonchev–Trinajstić information content (AvgIpc) is 2.93. The maximum Gasteiger partial charge on any atom is 0.274 e. The number of hydrogen-bond donors (Lipinski definition) is 2. The molecular weight excluding hydrogens is 492 g/mol. The van der Waals surface area contributed by atoms with E-state index in [-0.39, 0.29) is 17.4 Å². The first-order valence-electron chi connectivity index (χ1n) is 11.8. The molecule has 1 aliphatic rings. The molecule has 1 saturated heterocycles. The minimum atomic E-state index is -0.471. The Kier molecular flexibility index (Phi) is 6.83. The SMILES string of the molecule is COc1cccc(C(O)=Cc2nc3ccc(C(=O)N4CCN(c5cccc(Cl)c5)CC4)cc3[nH]c2=O)c1. The fourth-order valence-corrected chi connectivity index (χ4v) is 4.53. The Morgan fingerprint density at radius 3 is 2.57 bits per heavy atom. The van der Waals surface area contributed by atoms with E-state index in [1.807, 2.05) is 24.3 Å². The van der Waals surface area contributed by atoms with Crippen molar-refractivity contribution < 1.29 is 14.6 Å². The van der Waals surface area contributed by atoms with Crippen molar-refractivity contribution >= 4 is 46.1 Å². The van der Waals surface area contributed by atoms with Crippen LogP contribution in [-0.2, 0) is 0 Å². The molecule has 3 aromatic carbocycles. The zero-order valence-corrected chi connectivity index (χ0v) is 20.9. The predicted molar refractivity (Wildman–Crippen MR) is 145 cm³/mol. The van der Waals surface area contributed by atoms with Gasteiger partial charge in [-0.2, -0.15) is 0 Å². The molecule has 0 bridgehead atoms. The number of nitrogens with zero attached hydrogens (tertiary/aromatic N) is 3. The molecule has 2 heterocycles. The van der Waals surface area contributed by atoms with Gasteiger partial charge in [-0.1, -0.05) is 29.8 Å². The lowest BCUT2D eigenvalue weighted by molar-refractivity contribution is 0.0747. The number of nitrogens with one attached hydrogen (secondary N) is 1. The van der Waals surface area contributed by atoms with Crippen molar-refractivity contribution in [3.8, 4) is 5.75 Å². The highest BCUT2D eigenvalue weighted by Crippen LogP contribution is 2.23. The average molecular weight is 517 g/mol. The summed E-state index contributed by atoms with van der Waals surface area (Å²) in [6, 6.07) is 19.6. The van der Waals surface area contributed by atoms with Crippen LogP contribution >= 0.6 is 11.6 Å². The number of methoxy groups -OCH3 is 1. The Morgan fingerprint density at radius 1 is 1.03 bits per heavy atom. The van der Waals surface area contributed by atoms with Crippen molar-refractivity contribution in [3.05, 3.63) is 98.9 Å². The van der Waals surface area contributed by atoms with Crippen molar-refractivity contribution in [2.75, 3.05) is 38.2 Å². The van der Waals surface area contributed by atoms with E-state index >= 15 is 0 Å². The molecule has 0 unspecified atom stereocenters. The number of aromatic amines is 1. The number of amides is 1. The number of piperazine rings is 1. The van der Waals surface area contributed by atoms with Crippen molar-refractivity contribution in [1.29, 1.82) is 0 Å². The molecule has 188 valence electrons. The van der Waals surface area contributed by atoms with Gasteiger partial charge in [-0.15, -0.1) is 0 Å².